The maximum Gasteiger partial charge on any atom is 0.246 e. The number of halogens is 1. The monoisotopic (exact) mass is 423 g/mol. The molecule has 9 nitrogen and oxygen atoms in total. The Balaban J connectivity index is 1.60. The standard InChI is InChI=1S/C21H26FN9/c1-12-6-18-16(8-15(12)23)27-21(30(18)5)31-10-13(22)7-14(11-31)26-20-25-9-17(24-2)19(28-20)29(3)4/h6,8-9,13-14H,7,10-11,23H2,1,3-5H3,(H,25,26,28)/t13-,14-/m1/s1. The number of nitrogens with one attached hydrogen (secondary N) is 1. The molecule has 0 spiro atoms. The van der Waals surface area contributed by atoms with Gasteiger partial charge in [0.25, 0.3) is 0 Å². The summed E-state index contributed by atoms with van der Waals surface area (Å²) in [5.74, 6) is 1.61. The normalized spacial score (nSPS) is 18.8. The van der Waals surface area contributed by atoms with Crippen LogP contribution in [0.25, 0.3) is 15.9 Å². The third kappa shape index (κ3) is 3.91. The summed E-state index contributed by atoms with van der Waals surface area (Å²) in [4.78, 5) is 20.6. The molecule has 2 atom stereocenters. The quantitative estimate of drug-likeness (QED) is 0.492. The van der Waals surface area contributed by atoms with Gasteiger partial charge in [-0.25, -0.2) is 24.2 Å². The Hall–Kier alpha value is -3.61. The second-order valence-electron chi connectivity index (χ2n) is 8.16. The lowest BCUT2D eigenvalue weighted by molar-refractivity contribution is 0.273. The second-order valence-corrected chi connectivity index (χ2v) is 8.16. The fourth-order valence-corrected chi connectivity index (χ4v) is 3.96. The van der Waals surface area contributed by atoms with E-state index in [0.717, 1.165) is 16.6 Å². The summed E-state index contributed by atoms with van der Waals surface area (Å²) in [5, 5.41) is 3.24. The largest absolute Gasteiger partial charge is 0.398 e. The van der Waals surface area contributed by atoms with E-state index < -0.39 is 6.17 Å². The van der Waals surface area contributed by atoms with Crippen LogP contribution in [-0.2, 0) is 7.05 Å². The average molecular weight is 424 g/mol. The zero-order valence-corrected chi connectivity index (χ0v) is 18.1. The molecule has 10 heteroatoms. The van der Waals surface area contributed by atoms with Crippen molar-refractivity contribution in [3.8, 4) is 0 Å². The van der Waals surface area contributed by atoms with E-state index in [4.69, 9.17) is 17.3 Å². The molecule has 1 aliphatic heterocycles. The van der Waals surface area contributed by atoms with Gasteiger partial charge in [-0.05, 0) is 24.6 Å². The summed E-state index contributed by atoms with van der Waals surface area (Å²) >= 11 is 0. The van der Waals surface area contributed by atoms with E-state index in [0.29, 0.717) is 42.1 Å². The topological polar surface area (TPSA) is 92.5 Å². The van der Waals surface area contributed by atoms with Gasteiger partial charge in [0.1, 0.15) is 12.0 Å². The number of nitrogen functional groups attached to an aromatic ring is 1. The van der Waals surface area contributed by atoms with Crippen LogP contribution in [0, 0.1) is 13.5 Å². The lowest BCUT2D eigenvalue weighted by Crippen LogP contribution is -2.48. The first-order valence-corrected chi connectivity index (χ1v) is 10.1. The number of alkyl halides is 1. The van der Waals surface area contributed by atoms with E-state index in [1.807, 2.05) is 49.7 Å². The first-order chi connectivity index (χ1) is 14.8. The highest BCUT2D eigenvalue weighted by molar-refractivity contribution is 5.83. The maximum absolute atomic E-state index is 14.7. The number of hydrogen-bond acceptors (Lipinski definition) is 7. The Labute approximate surface area is 180 Å². The minimum atomic E-state index is -1.02. The minimum absolute atomic E-state index is 0.204. The van der Waals surface area contributed by atoms with Crippen LogP contribution >= 0.6 is 0 Å². The number of fused-ring (bicyclic) bond motifs is 1. The lowest BCUT2D eigenvalue weighted by atomic mass is 10.0. The molecule has 3 heterocycles. The van der Waals surface area contributed by atoms with E-state index in [1.165, 1.54) is 6.20 Å². The summed E-state index contributed by atoms with van der Waals surface area (Å²) < 4.78 is 16.7. The van der Waals surface area contributed by atoms with Gasteiger partial charge >= 0.3 is 0 Å². The second kappa shape index (κ2) is 7.91. The molecule has 1 saturated heterocycles. The first-order valence-electron chi connectivity index (χ1n) is 10.1. The predicted octanol–water partition coefficient (Wildman–Crippen LogP) is 2.90. The number of aromatic nitrogens is 4. The number of piperidine rings is 1. The van der Waals surface area contributed by atoms with Crippen LogP contribution < -0.4 is 20.9 Å². The van der Waals surface area contributed by atoms with Crippen molar-refractivity contribution >= 4 is 40.1 Å². The van der Waals surface area contributed by atoms with E-state index in [9.17, 15) is 4.39 Å². The minimum Gasteiger partial charge on any atom is -0.398 e. The van der Waals surface area contributed by atoms with Crippen LogP contribution in [0.1, 0.15) is 12.0 Å². The number of hydrogen-bond donors (Lipinski definition) is 2. The molecular formula is C21H26FN9. The maximum atomic E-state index is 14.7. The van der Waals surface area contributed by atoms with Crippen LogP contribution in [0.15, 0.2) is 18.3 Å². The molecule has 162 valence electrons. The number of imidazole rings is 1. The molecule has 2 aromatic heterocycles. The molecule has 1 fully saturated rings. The molecular weight excluding hydrogens is 397 g/mol. The number of nitrogens with two attached hydrogens (primary N) is 1. The molecule has 31 heavy (non-hydrogen) atoms. The van der Waals surface area contributed by atoms with Gasteiger partial charge in [0.15, 0.2) is 0 Å². The number of anilines is 4. The Morgan fingerprint density at radius 1 is 1.29 bits per heavy atom. The van der Waals surface area contributed by atoms with E-state index in [2.05, 4.69) is 20.1 Å². The van der Waals surface area contributed by atoms with Crippen LogP contribution in [0.2, 0.25) is 0 Å². The first kappa shape index (κ1) is 20.7. The fourth-order valence-electron chi connectivity index (χ4n) is 3.96. The van der Waals surface area contributed by atoms with Crippen LogP contribution in [-0.4, -0.2) is 58.9 Å². The molecule has 4 rings (SSSR count). The Kier molecular flexibility index (Phi) is 5.27. The summed E-state index contributed by atoms with van der Waals surface area (Å²) in [6, 6.07) is 3.66. The molecule has 0 bridgehead atoms. The van der Waals surface area contributed by atoms with Gasteiger partial charge in [0.05, 0.1) is 24.2 Å². The van der Waals surface area contributed by atoms with Crippen molar-refractivity contribution in [1.82, 2.24) is 19.5 Å². The summed E-state index contributed by atoms with van der Waals surface area (Å²) in [7, 11) is 5.57. The SMILES string of the molecule is [C-]#[N+]c1cnc(N[C@@H]2C[C@@H](F)CN(c3nc4cc(N)c(C)cc4n3C)C2)nc1N(C)C. The number of aryl methyl sites for hydroxylation is 2. The highest BCUT2D eigenvalue weighted by atomic mass is 19.1. The number of benzene rings is 1. The highest BCUT2D eigenvalue weighted by Gasteiger charge is 2.30. The van der Waals surface area contributed by atoms with Crippen LogP contribution in [0.5, 0.6) is 0 Å². The van der Waals surface area contributed by atoms with E-state index >= 15 is 0 Å². The number of nitrogens with zero attached hydrogens (tertiary/aromatic N) is 7. The molecule has 0 amide bonds. The van der Waals surface area contributed by atoms with E-state index in [-0.39, 0.29) is 12.6 Å². The van der Waals surface area contributed by atoms with Crippen molar-refractivity contribution in [2.24, 2.45) is 7.05 Å². The molecule has 0 aliphatic carbocycles. The summed E-state index contributed by atoms with van der Waals surface area (Å²) in [6.07, 6.45) is 0.815. The molecule has 3 aromatic rings. The third-order valence-electron chi connectivity index (χ3n) is 5.55. The fraction of sp³-hybridized carbons (Fsp3) is 0.429. The molecule has 0 radical (unpaired) electrons. The summed E-state index contributed by atoms with van der Waals surface area (Å²) in [6.45, 7) is 10.0. The van der Waals surface area contributed by atoms with Gasteiger partial charge in [-0.3, -0.25) is 0 Å². The Morgan fingerprint density at radius 2 is 2.06 bits per heavy atom. The van der Waals surface area contributed by atoms with E-state index in [1.54, 1.807) is 4.90 Å². The van der Waals surface area contributed by atoms with Crippen molar-refractivity contribution in [2.75, 3.05) is 48.0 Å². The van der Waals surface area contributed by atoms with Gasteiger partial charge in [0.2, 0.25) is 17.6 Å². The lowest BCUT2D eigenvalue weighted by Gasteiger charge is -2.35. The molecule has 0 saturated carbocycles. The van der Waals surface area contributed by atoms with Crippen LogP contribution in [0.3, 0.4) is 0 Å². The molecule has 1 aliphatic rings. The van der Waals surface area contributed by atoms with Crippen LogP contribution in [0.4, 0.5) is 33.5 Å². The van der Waals surface area contributed by atoms with Gasteiger partial charge in [-0.15, -0.1) is 0 Å². The number of rotatable bonds is 4. The zero-order valence-electron chi connectivity index (χ0n) is 18.1. The van der Waals surface area contributed by atoms with Crippen molar-refractivity contribution in [2.45, 2.75) is 25.6 Å². The zero-order chi connectivity index (χ0) is 22.3. The summed E-state index contributed by atoms with van der Waals surface area (Å²) in [5.41, 5.74) is 9.84. The van der Waals surface area contributed by atoms with Gasteiger partial charge in [-0.1, -0.05) is 0 Å². The molecule has 1 aromatic carbocycles. The van der Waals surface area contributed by atoms with Gasteiger partial charge in [0, 0.05) is 52.0 Å². The highest BCUT2D eigenvalue weighted by Crippen LogP contribution is 2.29. The predicted molar refractivity (Wildman–Crippen MR) is 122 cm³/mol. The van der Waals surface area contributed by atoms with Gasteiger partial charge in [-0.2, -0.15) is 0 Å². The smallest absolute Gasteiger partial charge is 0.246 e. The third-order valence-corrected chi connectivity index (χ3v) is 5.55. The Bertz CT molecular complexity index is 1160. The van der Waals surface area contributed by atoms with Crippen molar-refractivity contribution in [3.05, 3.63) is 35.3 Å². The van der Waals surface area contributed by atoms with Crippen molar-refractivity contribution < 1.29 is 4.39 Å². The average Bonchev–Trinajstić information content (AvgIpc) is 3.03. The Morgan fingerprint density at radius 3 is 2.77 bits per heavy atom. The van der Waals surface area contributed by atoms with Crippen molar-refractivity contribution in [3.63, 3.8) is 0 Å². The van der Waals surface area contributed by atoms with Gasteiger partial charge < -0.3 is 25.4 Å². The molecule has 0 unspecified atom stereocenters. The molecule has 3 N–H and O–H groups in total. The van der Waals surface area contributed by atoms with Crippen molar-refractivity contribution in [1.29, 1.82) is 0 Å².